The maximum absolute atomic E-state index is 12.3. The smallest absolute Gasteiger partial charge is 0.255 e. The fraction of sp³-hybridized carbons (Fsp3) is 0.222. The van der Waals surface area contributed by atoms with Gasteiger partial charge in [0.15, 0.2) is 5.78 Å². The molecule has 0 aromatic heterocycles. The number of ketones is 1. The Bertz CT molecular complexity index is 719. The Hall–Kier alpha value is -2.42. The van der Waals surface area contributed by atoms with E-state index in [0.29, 0.717) is 16.8 Å². The minimum Gasteiger partial charge on any atom is -0.322 e. The highest BCUT2D eigenvalue weighted by atomic mass is 16.1. The van der Waals surface area contributed by atoms with Crippen LogP contribution in [0.5, 0.6) is 0 Å². The molecule has 1 N–H and O–H groups in total. The summed E-state index contributed by atoms with van der Waals surface area (Å²) >= 11 is 0. The summed E-state index contributed by atoms with van der Waals surface area (Å²) in [5.41, 5.74) is 4.55. The molecule has 0 bridgehead atoms. The number of hydrogen-bond donors (Lipinski definition) is 1. The lowest BCUT2D eigenvalue weighted by Crippen LogP contribution is -2.12. The van der Waals surface area contributed by atoms with Crippen molar-refractivity contribution >= 4 is 17.4 Å². The molecular weight excluding hydrogens is 262 g/mol. The topological polar surface area (TPSA) is 46.2 Å². The molecule has 0 aliphatic heterocycles. The number of nitrogens with one attached hydrogen (secondary N) is 1. The average molecular weight is 279 g/mol. The lowest BCUT2D eigenvalue weighted by Gasteiger charge is -2.08. The highest BCUT2D eigenvalue weighted by Crippen LogP contribution is 2.23. The molecule has 3 nitrogen and oxygen atoms in total. The van der Waals surface area contributed by atoms with Gasteiger partial charge >= 0.3 is 0 Å². The number of carbonyl (C=O) groups excluding carboxylic acids is 2. The van der Waals surface area contributed by atoms with E-state index in [1.165, 1.54) is 24.5 Å². The molecule has 0 saturated carbocycles. The summed E-state index contributed by atoms with van der Waals surface area (Å²) in [6.07, 6.45) is 3.33. The van der Waals surface area contributed by atoms with Crippen molar-refractivity contribution in [2.45, 2.75) is 26.2 Å². The number of rotatable bonds is 3. The van der Waals surface area contributed by atoms with Crippen molar-refractivity contribution in [3.63, 3.8) is 0 Å². The molecule has 1 amide bonds. The van der Waals surface area contributed by atoms with Crippen LogP contribution in [-0.4, -0.2) is 11.7 Å². The second-order valence-corrected chi connectivity index (χ2v) is 5.43. The van der Waals surface area contributed by atoms with E-state index in [9.17, 15) is 9.59 Å². The fourth-order valence-corrected chi connectivity index (χ4v) is 2.73. The van der Waals surface area contributed by atoms with E-state index < -0.39 is 0 Å². The maximum Gasteiger partial charge on any atom is 0.255 e. The molecule has 1 aliphatic carbocycles. The third kappa shape index (κ3) is 2.87. The zero-order valence-corrected chi connectivity index (χ0v) is 12.0. The standard InChI is InChI=1S/C18H17NO2/c1-12(20)14-5-3-7-17(11-14)19-18(21)16-9-8-13-4-2-6-15(13)10-16/h3,5,7-11H,2,4,6H2,1H3,(H,19,21). The van der Waals surface area contributed by atoms with Crippen LogP contribution in [0.25, 0.3) is 0 Å². The molecule has 0 heterocycles. The summed E-state index contributed by atoms with van der Waals surface area (Å²) in [6, 6.07) is 12.9. The van der Waals surface area contributed by atoms with Crippen molar-refractivity contribution in [1.82, 2.24) is 0 Å². The van der Waals surface area contributed by atoms with Crippen LogP contribution in [-0.2, 0) is 12.8 Å². The van der Waals surface area contributed by atoms with Crippen LogP contribution in [0.15, 0.2) is 42.5 Å². The van der Waals surface area contributed by atoms with Gasteiger partial charge in [-0.05, 0) is 61.6 Å². The molecule has 106 valence electrons. The molecule has 1 aliphatic rings. The summed E-state index contributed by atoms with van der Waals surface area (Å²) in [5, 5.41) is 2.85. The summed E-state index contributed by atoms with van der Waals surface area (Å²) in [7, 11) is 0. The Balaban J connectivity index is 1.80. The van der Waals surface area contributed by atoms with Gasteiger partial charge in [0.1, 0.15) is 0 Å². The van der Waals surface area contributed by atoms with Crippen molar-refractivity contribution in [2.75, 3.05) is 5.32 Å². The Morgan fingerprint density at radius 3 is 2.57 bits per heavy atom. The van der Waals surface area contributed by atoms with E-state index in [-0.39, 0.29) is 11.7 Å². The molecule has 0 fully saturated rings. The zero-order valence-electron chi connectivity index (χ0n) is 12.0. The summed E-state index contributed by atoms with van der Waals surface area (Å²) < 4.78 is 0. The second kappa shape index (κ2) is 5.52. The first-order valence-electron chi connectivity index (χ1n) is 7.17. The molecule has 0 spiro atoms. The Kier molecular flexibility index (Phi) is 3.57. The molecule has 2 aromatic carbocycles. The van der Waals surface area contributed by atoms with Crippen LogP contribution in [0.2, 0.25) is 0 Å². The van der Waals surface area contributed by atoms with Gasteiger partial charge in [-0.25, -0.2) is 0 Å². The molecule has 2 aromatic rings. The van der Waals surface area contributed by atoms with Gasteiger partial charge in [-0.15, -0.1) is 0 Å². The van der Waals surface area contributed by atoms with Crippen LogP contribution in [0, 0.1) is 0 Å². The number of fused-ring (bicyclic) bond motifs is 1. The minimum atomic E-state index is -0.134. The summed E-state index contributed by atoms with van der Waals surface area (Å²) in [4.78, 5) is 23.7. The SMILES string of the molecule is CC(=O)c1cccc(NC(=O)c2ccc3c(c2)CCC3)c1. The predicted octanol–water partition coefficient (Wildman–Crippen LogP) is 3.63. The highest BCUT2D eigenvalue weighted by molar-refractivity contribution is 6.05. The number of amides is 1. The molecule has 0 saturated heterocycles. The van der Waals surface area contributed by atoms with Crippen molar-refractivity contribution in [3.8, 4) is 0 Å². The first-order chi connectivity index (χ1) is 10.1. The lowest BCUT2D eigenvalue weighted by atomic mass is 10.1. The highest BCUT2D eigenvalue weighted by Gasteiger charge is 2.14. The van der Waals surface area contributed by atoms with Gasteiger partial charge in [-0.2, -0.15) is 0 Å². The van der Waals surface area contributed by atoms with Gasteiger partial charge in [-0.3, -0.25) is 9.59 Å². The largest absolute Gasteiger partial charge is 0.322 e. The van der Waals surface area contributed by atoms with E-state index in [1.54, 1.807) is 24.3 Å². The fourth-order valence-electron chi connectivity index (χ4n) is 2.73. The van der Waals surface area contributed by atoms with E-state index in [2.05, 4.69) is 5.32 Å². The molecule has 0 atom stereocenters. The number of anilines is 1. The van der Waals surface area contributed by atoms with E-state index in [0.717, 1.165) is 12.8 Å². The van der Waals surface area contributed by atoms with Gasteiger partial charge in [-0.1, -0.05) is 18.2 Å². The number of Topliss-reactive ketones (excluding diaryl/α,β-unsaturated/α-hetero) is 1. The molecule has 3 rings (SSSR count). The third-order valence-corrected chi connectivity index (χ3v) is 3.89. The second-order valence-electron chi connectivity index (χ2n) is 5.43. The van der Waals surface area contributed by atoms with Crippen molar-refractivity contribution in [1.29, 1.82) is 0 Å². The Morgan fingerprint density at radius 1 is 0.952 bits per heavy atom. The number of hydrogen-bond acceptors (Lipinski definition) is 2. The first kappa shape index (κ1) is 13.6. The van der Waals surface area contributed by atoms with Gasteiger partial charge in [0, 0.05) is 16.8 Å². The van der Waals surface area contributed by atoms with Gasteiger partial charge in [0.2, 0.25) is 0 Å². The van der Waals surface area contributed by atoms with Crippen LogP contribution in [0.3, 0.4) is 0 Å². The monoisotopic (exact) mass is 279 g/mol. The van der Waals surface area contributed by atoms with Gasteiger partial charge in [0.05, 0.1) is 0 Å². The molecular formula is C18H17NO2. The summed E-state index contributed by atoms with van der Waals surface area (Å²) in [6.45, 7) is 1.52. The first-order valence-corrected chi connectivity index (χ1v) is 7.17. The van der Waals surface area contributed by atoms with Crippen LogP contribution >= 0.6 is 0 Å². The number of benzene rings is 2. The molecule has 3 heteroatoms. The molecule has 21 heavy (non-hydrogen) atoms. The number of carbonyl (C=O) groups is 2. The number of aryl methyl sites for hydroxylation is 2. The molecule has 0 radical (unpaired) electrons. The quantitative estimate of drug-likeness (QED) is 0.872. The lowest BCUT2D eigenvalue weighted by molar-refractivity contribution is 0.101. The minimum absolute atomic E-state index is 0.0105. The Labute approximate surface area is 124 Å². The van der Waals surface area contributed by atoms with Crippen molar-refractivity contribution < 1.29 is 9.59 Å². The van der Waals surface area contributed by atoms with E-state index >= 15 is 0 Å². The van der Waals surface area contributed by atoms with Crippen LogP contribution < -0.4 is 5.32 Å². The van der Waals surface area contributed by atoms with Crippen LogP contribution in [0.4, 0.5) is 5.69 Å². The molecule has 0 unspecified atom stereocenters. The maximum atomic E-state index is 12.3. The average Bonchev–Trinajstić information content (AvgIpc) is 2.94. The third-order valence-electron chi connectivity index (χ3n) is 3.89. The zero-order chi connectivity index (χ0) is 14.8. The Morgan fingerprint density at radius 2 is 1.76 bits per heavy atom. The van der Waals surface area contributed by atoms with E-state index in [4.69, 9.17) is 0 Å². The predicted molar refractivity (Wildman–Crippen MR) is 82.9 cm³/mol. The van der Waals surface area contributed by atoms with Crippen molar-refractivity contribution in [3.05, 3.63) is 64.7 Å². The summed E-state index contributed by atoms with van der Waals surface area (Å²) in [5.74, 6) is -0.144. The van der Waals surface area contributed by atoms with E-state index in [1.807, 2.05) is 18.2 Å². The normalized spacial score (nSPS) is 12.8. The van der Waals surface area contributed by atoms with Gasteiger partial charge < -0.3 is 5.32 Å². The van der Waals surface area contributed by atoms with Crippen molar-refractivity contribution in [2.24, 2.45) is 0 Å². The van der Waals surface area contributed by atoms with Gasteiger partial charge in [0.25, 0.3) is 5.91 Å². The van der Waals surface area contributed by atoms with Crippen LogP contribution in [0.1, 0.15) is 45.2 Å².